The molecule has 12 atom stereocenters. The van der Waals surface area contributed by atoms with Crippen LogP contribution in [0.4, 0.5) is 0 Å². The van der Waals surface area contributed by atoms with Gasteiger partial charge in [0.15, 0.2) is 12.6 Å². The van der Waals surface area contributed by atoms with Crippen LogP contribution in [0.2, 0.25) is 0 Å². The van der Waals surface area contributed by atoms with Gasteiger partial charge in [-0.05, 0) is 64.2 Å². The smallest absolute Gasteiger partial charge is 0.220 e. The van der Waals surface area contributed by atoms with Gasteiger partial charge in [-0.2, -0.15) is 0 Å². The van der Waals surface area contributed by atoms with Gasteiger partial charge in [0, 0.05) is 6.42 Å². The first-order valence-electron chi connectivity index (χ1n) is 33.4. The zero-order valence-electron chi connectivity index (χ0n) is 51.3. The number of carbonyl (C=O) groups is 1. The number of aliphatic hydroxyl groups is 8. The molecular weight excluding hydrogens is 1030 g/mol. The van der Waals surface area contributed by atoms with E-state index in [0.717, 1.165) is 44.9 Å². The summed E-state index contributed by atoms with van der Waals surface area (Å²) in [5.74, 6) is -0.252. The van der Waals surface area contributed by atoms with Gasteiger partial charge in [0.25, 0.3) is 0 Å². The topological polar surface area (TPSA) is 228 Å². The molecule has 0 aromatic carbocycles. The molecule has 0 aromatic heterocycles. The third-order valence-corrected chi connectivity index (χ3v) is 16.2. The van der Waals surface area contributed by atoms with Crippen LogP contribution < -0.4 is 5.32 Å². The monoisotopic (exact) mass is 1150 g/mol. The molecule has 1 amide bonds. The Balaban J connectivity index is 1.72. The van der Waals surface area contributed by atoms with E-state index in [1.54, 1.807) is 6.08 Å². The number of aliphatic hydroxyl groups excluding tert-OH is 8. The summed E-state index contributed by atoms with van der Waals surface area (Å²) in [7, 11) is 0. The quantitative estimate of drug-likeness (QED) is 0.0204. The molecule has 474 valence electrons. The van der Waals surface area contributed by atoms with Crippen LogP contribution in [0, 0.1) is 0 Å². The van der Waals surface area contributed by atoms with Gasteiger partial charge >= 0.3 is 0 Å². The number of allylic oxidation sites excluding steroid dienone is 7. The maximum absolute atomic E-state index is 13.3. The number of amides is 1. The van der Waals surface area contributed by atoms with Crippen LogP contribution in [0.15, 0.2) is 48.6 Å². The Hall–Kier alpha value is -2.05. The lowest BCUT2D eigenvalue weighted by atomic mass is 9.97. The second-order valence-corrected chi connectivity index (χ2v) is 23.6. The van der Waals surface area contributed by atoms with Crippen LogP contribution in [0.25, 0.3) is 0 Å². The number of hydrogen-bond donors (Lipinski definition) is 9. The molecule has 9 N–H and O–H groups in total. The Kier molecular flexibility index (Phi) is 48.5. The number of rotatable bonds is 54. The molecule has 0 aromatic rings. The molecule has 0 bridgehead atoms. The second kappa shape index (κ2) is 52.3. The van der Waals surface area contributed by atoms with Crippen molar-refractivity contribution in [1.29, 1.82) is 0 Å². The molecule has 2 heterocycles. The molecule has 14 heteroatoms. The van der Waals surface area contributed by atoms with Crippen LogP contribution in [-0.4, -0.2) is 140 Å². The van der Waals surface area contributed by atoms with Crippen molar-refractivity contribution in [2.24, 2.45) is 0 Å². The summed E-state index contributed by atoms with van der Waals surface area (Å²) < 4.78 is 22.8. The highest BCUT2D eigenvalue weighted by atomic mass is 16.7. The SMILES string of the molecule is CCCCC/C=C\C/C=C\CCCCCCCCCCCC(=O)NC(COC1OC(CO)C(OC2OC(CO)C(O)C(O)C2O)C(O)C1O)C(O)/C=C/CC/C=C/CCCCCCCCCCCCCCCCCCCCCCCC. The van der Waals surface area contributed by atoms with Gasteiger partial charge in [0.2, 0.25) is 5.91 Å². The van der Waals surface area contributed by atoms with Crippen LogP contribution >= 0.6 is 0 Å². The highest BCUT2D eigenvalue weighted by Crippen LogP contribution is 2.30. The van der Waals surface area contributed by atoms with Gasteiger partial charge in [-0.1, -0.05) is 255 Å². The molecule has 2 fully saturated rings. The van der Waals surface area contributed by atoms with E-state index >= 15 is 0 Å². The number of ether oxygens (including phenoxy) is 4. The van der Waals surface area contributed by atoms with Gasteiger partial charge < -0.3 is 65.1 Å². The minimum atomic E-state index is -1.79. The van der Waals surface area contributed by atoms with E-state index in [0.29, 0.717) is 12.8 Å². The zero-order valence-corrected chi connectivity index (χ0v) is 51.3. The van der Waals surface area contributed by atoms with Crippen molar-refractivity contribution in [1.82, 2.24) is 5.32 Å². The molecule has 12 unspecified atom stereocenters. The molecule has 2 aliphatic heterocycles. The van der Waals surface area contributed by atoms with E-state index in [9.17, 15) is 45.6 Å². The number of carbonyl (C=O) groups excluding carboxylic acids is 1. The summed E-state index contributed by atoms with van der Waals surface area (Å²) in [6, 6.07) is -0.936. The fourth-order valence-electron chi connectivity index (χ4n) is 10.9. The Morgan fingerprint density at radius 3 is 1.31 bits per heavy atom. The minimum Gasteiger partial charge on any atom is -0.394 e. The van der Waals surface area contributed by atoms with Gasteiger partial charge in [-0.25, -0.2) is 0 Å². The molecule has 14 nitrogen and oxygen atoms in total. The van der Waals surface area contributed by atoms with Gasteiger partial charge in [0.1, 0.15) is 48.8 Å². The minimum absolute atomic E-state index is 0.252. The van der Waals surface area contributed by atoms with Crippen molar-refractivity contribution in [2.45, 2.75) is 351 Å². The first-order valence-corrected chi connectivity index (χ1v) is 33.4. The van der Waals surface area contributed by atoms with Crippen LogP contribution in [-0.2, 0) is 23.7 Å². The van der Waals surface area contributed by atoms with Crippen LogP contribution in [0.3, 0.4) is 0 Å². The summed E-state index contributed by atoms with van der Waals surface area (Å²) >= 11 is 0. The third kappa shape index (κ3) is 37.2. The average molecular weight is 1150 g/mol. The highest BCUT2D eigenvalue weighted by Gasteiger charge is 2.51. The Bertz CT molecular complexity index is 1540. The Labute approximate surface area is 493 Å². The lowest BCUT2D eigenvalue weighted by Gasteiger charge is -2.46. The fraction of sp³-hybridized carbons (Fsp3) is 0.866. The van der Waals surface area contributed by atoms with Gasteiger partial charge in [-0.3, -0.25) is 4.79 Å². The van der Waals surface area contributed by atoms with Crippen molar-refractivity contribution in [3.05, 3.63) is 48.6 Å². The largest absolute Gasteiger partial charge is 0.394 e. The first kappa shape index (κ1) is 75.0. The zero-order chi connectivity index (χ0) is 58.8. The molecular formula is C67H123NO13. The van der Waals surface area contributed by atoms with E-state index < -0.39 is 86.8 Å². The van der Waals surface area contributed by atoms with Crippen LogP contribution in [0.1, 0.15) is 277 Å². The summed E-state index contributed by atoms with van der Waals surface area (Å²) in [4.78, 5) is 13.3. The van der Waals surface area contributed by atoms with Crippen molar-refractivity contribution in [3.63, 3.8) is 0 Å². The maximum Gasteiger partial charge on any atom is 0.220 e. The predicted octanol–water partition coefficient (Wildman–Crippen LogP) is 12.7. The van der Waals surface area contributed by atoms with E-state index in [2.05, 4.69) is 55.6 Å². The Morgan fingerprint density at radius 2 is 0.827 bits per heavy atom. The second-order valence-electron chi connectivity index (χ2n) is 23.6. The standard InChI is InChI=1S/C67H123NO13/c1-3-5-7-9-11-13-15-17-19-21-23-24-25-26-27-28-29-30-31-33-34-36-38-40-42-44-46-48-50-56(71)55(68-59(72)51-49-47-45-43-41-39-37-35-32-22-20-18-16-14-12-10-8-6-4-2)54-78-66-64(77)62(75)65(58(53-70)80-66)81-67-63(76)61(74)60(73)57(52-69)79-67/h12,14,18,20,40,42,48,50,55-58,60-67,69-71,73-77H,3-11,13,15-17,19,21-39,41,43-47,49,51-54H2,1-2H3,(H,68,72)/b14-12-,20-18-,42-40+,50-48+. The first-order chi connectivity index (χ1) is 39.6. The number of hydrogen-bond acceptors (Lipinski definition) is 13. The van der Waals surface area contributed by atoms with Crippen LogP contribution in [0.5, 0.6) is 0 Å². The molecule has 2 aliphatic rings. The van der Waals surface area contributed by atoms with Gasteiger partial charge in [0.05, 0.1) is 32.0 Å². The molecule has 0 aliphatic carbocycles. The van der Waals surface area contributed by atoms with Crippen molar-refractivity contribution in [3.8, 4) is 0 Å². The lowest BCUT2D eigenvalue weighted by Crippen LogP contribution is -2.65. The Morgan fingerprint density at radius 1 is 0.444 bits per heavy atom. The molecule has 2 rings (SSSR count). The average Bonchev–Trinajstić information content (AvgIpc) is 3.63. The van der Waals surface area contributed by atoms with E-state index in [1.807, 2.05) is 6.08 Å². The summed E-state index contributed by atoms with van der Waals surface area (Å²) in [6.07, 6.45) is 50.2. The van der Waals surface area contributed by atoms with Crippen molar-refractivity contribution >= 4 is 5.91 Å². The third-order valence-electron chi connectivity index (χ3n) is 16.2. The molecule has 0 spiro atoms. The lowest BCUT2D eigenvalue weighted by molar-refractivity contribution is -0.359. The van der Waals surface area contributed by atoms with Crippen molar-refractivity contribution < 1.29 is 64.6 Å². The van der Waals surface area contributed by atoms with E-state index in [1.165, 1.54) is 199 Å². The maximum atomic E-state index is 13.3. The van der Waals surface area contributed by atoms with E-state index in [4.69, 9.17) is 18.9 Å². The normalized spacial score (nSPS) is 24.4. The highest BCUT2D eigenvalue weighted by molar-refractivity contribution is 5.76. The number of nitrogens with one attached hydrogen (secondary N) is 1. The number of unbranched alkanes of at least 4 members (excludes halogenated alkanes) is 35. The summed E-state index contributed by atoms with van der Waals surface area (Å²) in [5, 5.41) is 87.3. The molecule has 81 heavy (non-hydrogen) atoms. The predicted molar refractivity (Wildman–Crippen MR) is 327 cm³/mol. The summed E-state index contributed by atoms with van der Waals surface area (Å²) in [6.45, 7) is 2.78. The molecule has 2 saturated heterocycles. The van der Waals surface area contributed by atoms with E-state index in [-0.39, 0.29) is 18.9 Å². The fourth-order valence-corrected chi connectivity index (χ4v) is 10.9. The van der Waals surface area contributed by atoms with Crippen molar-refractivity contribution in [2.75, 3.05) is 19.8 Å². The molecule has 0 radical (unpaired) electrons. The van der Waals surface area contributed by atoms with Gasteiger partial charge in [-0.15, -0.1) is 0 Å². The summed E-state index contributed by atoms with van der Waals surface area (Å²) in [5.41, 5.74) is 0. The molecule has 0 saturated carbocycles.